The maximum absolute atomic E-state index is 12.4. The molecule has 0 radical (unpaired) electrons. The van der Waals surface area contributed by atoms with Gasteiger partial charge in [0.2, 0.25) is 0 Å². The fourth-order valence-corrected chi connectivity index (χ4v) is 6.42. The molecule has 122 valence electrons. The van der Waals surface area contributed by atoms with Crippen LogP contribution in [0, 0.1) is 28.6 Å². The molecule has 0 aromatic heterocycles. The molecule has 1 aliphatic heterocycles. The molecule has 22 heavy (non-hydrogen) atoms. The van der Waals surface area contributed by atoms with E-state index in [0.29, 0.717) is 5.92 Å². The average molecular weight is 304 g/mol. The Labute approximate surface area is 133 Å². The monoisotopic (exact) mass is 304 g/mol. The van der Waals surface area contributed by atoms with Gasteiger partial charge >= 0.3 is 5.97 Å². The summed E-state index contributed by atoms with van der Waals surface area (Å²) in [5, 5.41) is 10.8. The molecule has 3 heteroatoms. The highest BCUT2D eigenvalue weighted by atomic mass is 16.6. The van der Waals surface area contributed by atoms with E-state index in [2.05, 4.69) is 26.5 Å². The number of carbonyl (C=O) groups is 1. The van der Waals surface area contributed by atoms with Crippen molar-refractivity contribution in [3.05, 3.63) is 12.7 Å². The number of hydrogen-bond donors (Lipinski definition) is 1. The van der Waals surface area contributed by atoms with Crippen molar-refractivity contribution in [2.45, 2.75) is 70.5 Å². The van der Waals surface area contributed by atoms with Crippen molar-refractivity contribution in [3.8, 4) is 0 Å². The molecular weight excluding hydrogens is 276 g/mol. The van der Waals surface area contributed by atoms with Crippen molar-refractivity contribution < 1.29 is 14.6 Å². The van der Waals surface area contributed by atoms with Crippen LogP contribution in [0.5, 0.6) is 0 Å². The lowest BCUT2D eigenvalue weighted by Crippen LogP contribution is -2.65. The second-order valence-electron chi connectivity index (χ2n) is 8.81. The second-order valence-corrected chi connectivity index (χ2v) is 8.81. The predicted octanol–water partition coefficient (Wildman–Crippen LogP) is 3.46. The Morgan fingerprint density at radius 3 is 2.82 bits per heavy atom. The summed E-state index contributed by atoms with van der Waals surface area (Å²) in [5.41, 5.74) is -0.230. The van der Waals surface area contributed by atoms with Crippen LogP contribution in [0.3, 0.4) is 0 Å². The molecule has 4 aliphatic rings. The van der Waals surface area contributed by atoms with Crippen molar-refractivity contribution in [1.29, 1.82) is 0 Å². The number of hydrogen-bond acceptors (Lipinski definition) is 3. The van der Waals surface area contributed by atoms with E-state index in [0.717, 1.165) is 44.9 Å². The number of allylic oxidation sites excluding steroid dienone is 1. The molecule has 2 bridgehead atoms. The van der Waals surface area contributed by atoms with Crippen LogP contribution in [-0.4, -0.2) is 22.8 Å². The Balaban J connectivity index is 1.78. The van der Waals surface area contributed by atoms with Crippen LogP contribution < -0.4 is 0 Å². The first kappa shape index (κ1) is 14.7. The third-order valence-corrected chi connectivity index (χ3v) is 7.85. The van der Waals surface area contributed by atoms with Crippen molar-refractivity contribution >= 4 is 5.97 Å². The molecule has 7 atom stereocenters. The van der Waals surface area contributed by atoms with Crippen LogP contribution in [0.2, 0.25) is 0 Å². The Hall–Kier alpha value is -0.830. The summed E-state index contributed by atoms with van der Waals surface area (Å²) in [6.07, 6.45) is 8.65. The number of carbonyl (C=O) groups excluding carboxylic acids is 1. The van der Waals surface area contributed by atoms with Crippen LogP contribution in [0.1, 0.15) is 58.8 Å². The molecule has 1 heterocycles. The average Bonchev–Trinajstić information content (AvgIpc) is 2.67. The second kappa shape index (κ2) is 4.37. The molecule has 3 saturated carbocycles. The Morgan fingerprint density at radius 1 is 1.32 bits per heavy atom. The highest BCUT2D eigenvalue weighted by Crippen LogP contribution is 2.68. The van der Waals surface area contributed by atoms with Crippen molar-refractivity contribution in [3.63, 3.8) is 0 Å². The van der Waals surface area contributed by atoms with E-state index < -0.39 is 5.60 Å². The smallest absolute Gasteiger partial charge is 0.310 e. The fraction of sp³-hybridized carbons (Fsp3) is 0.842. The zero-order valence-corrected chi connectivity index (χ0v) is 13.8. The van der Waals surface area contributed by atoms with E-state index in [1.165, 1.54) is 0 Å². The molecule has 3 aliphatic carbocycles. The topological polar surface area (TPSA) is 46.5 Å². The minimum atomic E-state index is -0.405. The summed E-state index contributed by atoms with van der Waals surface area (Å²) in [5.74, 6) is 0.345. The minimum Gasteiger partial charge on any atom is -0.458 e. The van der Waals surface area contributed by atoms with Gasteiger partial charge < -0.3 is 9.84 Å². The van der Waals surface area contributed by atoms with Crippen molar-refractivity contribution in [2.75, 3.05) is 0 Å². The Morgan fingerprint density at radius 2 is 2.09 bits per heavy atom. The van der Waals surface area contributed by atoms with Crippen LogP contribution in [0.25, 0.3) is 0 Å². The van der Waals surface area contributed by atoms with Gasteiger partial charge in [0.05, 0.1) is 12.0 Å². The van der Waals surface area contributed by atoms with Gasteiger partial charge in [-0.2, -0.15) is 0 Å². The molecule has 1 saturated heterocycles. The van der Waals surface area contributed by atoms with Crippen LogP contribution in [0.15, 0.2) is 12.7 Å². The molecule has 0 aromatic carbocycles. The molecule has 7 unspecified atom stereocenters. The number of esters is 1. The summed E-state index contributed by atoms with van der Waals surface area (Å²) in [4.78, 5) is 12.4. The lowest BCUT2D eigenvalue weighted by molar-refractivity contribution is -0.224. The van der Waals surface area contributed by atoms with Gasteiger partial charge in [0.25, 0.3) is 0 Å². The van der Waals surface area contributed by atoms with Crippen molar-refractivity contribution in [1.82, 2.24) is 0 Å². The Kier molecular flexibility index (Phi) is 2.93. The quantitative estimate of drug-likeness (QED) is 0.596. The summed E-state index contributed by atoms with van der Waals surface area (Å²) in [7, 11) is 0. The van der Waals surface area contributed by atoms with Crippen LogP contribution in [-0.2, 0) is 9.53 Å². The van der Waals surface area contributed by atoms with Gasteiger partial charge in [0.15, 0.2) is 0 Å². The fourth-order valence-electron chi connectivity index (χ4n) is 6.42. The molecule has 0 aromatic rings. The maximum Gasteiger partial charge on any atom is 0.310 e. The van der Waals surface area contributed by atoms with Gasteiger partial charge in [-0.05, 0) is 56.3 Å². The third kappa shape index (κ3) is 1.59. The number of aliphatic hydroxyl groups excluding tert-OH is 1. The number of rotatable bonds is 1. The molecule has 0 spiro atoms. The molecule has 1 N–H and O–H groups in total. The van der Waals surface area contributed by atoms with E-state index in [9.17, 15) is 9.90 Å². The summed E-state index contributed by atoms with van der Waals surface area (Å²) in [6.45, 7) is 8.64. The zero-order chi connectivity index (χ0) is 15.8. The molecule has 0 amide bonds. The Bertz CT molecular complexity index is 529. The number of ether oxygens (including phenoxy) is 1. The van der Waals surface area contributed by atoms with E-state index in [4.69, 9.17) is 4.74 Å². The van der Waals surface area contributed by atoms with Crippen molar-refractivity contribution in [2.24, 2.45) is 28.6 Å². The lowest BCUT2D eigenvalue weighted by Gasteiger charge is -2.62. The van der Waals surface area contributed by atoms with E-state index in [-0.39, 0.29) is 34.7 Å². The number of aliphatic hydroxyl groups is 1. The molecule has 4 fully saturated rings. The summed E-state index contributed by atoms with van der Waals surface area (Å²) >= 11 is 0. The SMILES string of the molecule is C=CC1(C)CCC2(C)C(CC(O)C3C4CCCC32OC4=O)C1. The van der Waals surface area contributed by atoms with Gasteiger partial charge in [0, 0.05) is 11.3 Å². The highest BCUT2D eigenvalue weighted by Gasteiger charge is 2.72. The first-order valence-corrected chi connectivity index (χ1v) is 8.90. The number of fused-ring (bicyclic) bond motifs is 1. The van der Waals surface area contributed by atoms with E-state index in [1.54, 1.807) is 0 Å². The first-order chi connectivity index (χ1) is 10.4. The van der Waals surface area contributed by atoms with Crippen LogP contribution >= 0.6 is 0 Å². The largest absolute Gasteiger partial charge is 0.458 e. The van der Waals surface area contributed by atoms with E-state index >= 15 is 0 Å². The normalized spacial score (nSPS) is 56.8. The summed E-state index contributed by atoms with van der Waals surface area (Å²) in [6, 6.07) is 0. The lowest BCUT2D eigenvalue weighted by atomic mass is 9.43. The minimum absolute atomic E-state index is 0.0181. The molecule has 4 rings (SSSR count). The standard InChI is InChI=1S/C19H28O3/c1-4-17(2)8-9-18(3)12(11-17)10-14(20)15-13-6-5-7-19(15,18)22-16(13)21/h4,12-15,20H,1,5-11H2,2-3H3. The van der Waals surface area contributed by atoms with Gasteiger partial charge in [-0.3, -0.25) is 4.79 Å². The van der Waals surface area contributed by atoms with Gasteiger partial charge in [-0.25, -0.2) is 0 Å². The third-order valence-electron chi connectivity index (χ3n) is 7.85. The maximum atomic E-state index is 12.4. The first-order valence-electron chi connectivity index (χ1n) is 8.90. The van der Waals surface area contributed by atoms with Gasteiger partial charge in [0.1, 0.15) is 5.60 Å². The van der Waals surface area contributed by atoms with Gasteiger partial charge in [-0.15, -0.1) is 6.58 Å². The van der Waals surface area contributed by atoms with Gasteiger partial charge in [-0.1, -0.05) is 19.9 Å². The van der Waals surface area contributed by atoms with Crippen LogP contribution in [0.4, 0.5) is 0 Å². The molecule has 3 nitrogen and oxygen atoms in total. The van der Waals surface area contributed by atoms with E-state index in [1.807, 2.05) is 0 Å². The zero-order valence-electron chi connectivity index (χ0n) is 13.8. The molecular formula is C19H28O3. The highest BCUT2D eigenvalue weighted by molar-refractivity contribution is 5.77. The predicted molar refractivity (Wildman–Crippen MR) is 84.0 cm³/mol. The summed E-state index contributed by atoms with van der Waals surface area (Å²) < 4.78 is 6.10.